The molecule has 0 radical (unpaired) electrons. The minimum atomic E-state index is -1.69. The first kappa shape index (κ1) is 21.4. The zero-order chi connectivity index (χ0) is 19.7. The highest BCUT2D eigenvalue weighted by atomic mass is 35.5. The number of carbonyl (C=O) groups excluding carboxylic acids is 3. The monoisotopic (exact) mass is 385 g/mol. The van der Waals surface area contributed by atoms with E-state index in [1.54, 1.807) is 19.1 Å². The highest BCUT2D eigenvalue weighted by Gasteiger charge is 2.38. The van der Waals surface area contributed by atoms with Crippen molar-refractivity contribution >= 4 is 35.4 Å². The lowest BCUT2D eigenvalue weighted by atomic mass is 9.95. The molecule has 8 nitrogen and oxygen atoms in total. The second kappa shape index (κ2) is 10.4. The number of ether oxygens (including phenoxy) is 2. The Kier molecular flexibility index (Phi) is 8.57. The molecule has 2 atom stereocenters. The van der Waals surface area contributed by atoms with Crippen molar-refractivity contribution in [1.29, 1.82) is 0 Å². The molecule has 2 N–H and O–H groups in total. The van der Waals surface area contributed by atoms with Crippen LogP contribution in [-0.4, -0.2) is 48.2 Å². The summed E-state index contributed by atoms with van der Waals surface area (Å²) in [6, 6.07) is 4.34. The molecule has 0 saturated carbocycles. The average molecular weight is 386 g/mol. The predicted molar refractivity (Wildman–Crippen MR) is 91.7 cm³/mol. The van der Waals surface area contributed by atoms with Crippen molar-refractivity contribution in [2.45, 2.75) is 26.3 Å². The molecule has 1 aromatic rings. The molecule has 0 spiro atoms. The number of carboxylic acids is 1. The quantitative estimate of drug-likeness (QED) is 0.620. The van der Waals surface area contributed by atoms with Gasteiger partial charge in [0.25, 0.3) is 5.91 Å². The first-order chi connectivity index (χ1) is 12.3. The van der Waals surface area contributed by atoms with Crippen LogP contribution in [0.5, 0.6) is 0 Å². The molecular weight excluding hydrogens is 366 g/mol. The number of aliphatic carboxylic acids is 1. The van der Waals surface area contributed by atoms with Gasteiger partial charge in [0.05, 0.1) is 36.1 Å². The Hall–Kier alpha value is -2.61. The maximum Gasteiger partial charge on any atom is 0.327 e. The summed E-state index contributed by atoms with van der Waals surface area (Å²) in [4.78, 5) is 47.9. The van der Waals surface area contributed by atoms with Gasteiger partial charge in [-0.2, -0.15) is 0 Å². The minimum Gasteiger partial charge on any atom is -0.480 e. The lowest BCUT2D eigenvalue weighted by molar-refractivity contribution is -0.159. The Bertz CT molecular complexity index is 677. The van der Waals surface area contributed by atoms with E-state index in [-0.39, 0.29) is 23.8 Å². The van der Waals surface area contributed by atoms with Crippen LogP contribution in [0.1, 0.15) is 30.6 Å². The van der Waals surface area contributed by atoms with Gasteiger partial charge in [-0.05, 0) is 26.0 Å². The van der Waals surface area contributed by atoms with E-state index in [2.05, 4.69) is 5.32 Å². The van der Waals surface area contributed by atoms with E-state index in [1.807, 2.05) is 0 Å². The van der Waals surface area contributed by atoms with E-state index < -0.39 is 42.2 Å². The maximum atomic E-state index is 12.3. The molecule has 0 aliphatic heterocycles. The van der Waals surface area contributed by atoms with E-state index in [9.17, 15) is 24.3 Å². The zero-order valence-electron chi connectivity index (χ0n) is 14.4. The molecule has 0 heterocycles. The summed E-state index contributed by atoms with van der Waals surface area (Å²) in [5.74, 6) is -5.43. The van der Waals surface area contributed by atoms with Gasteiger partial charge >= 0.3 is 17.9 Å². The van der Waals surface area contributed by atoms with Crippen molar-refractivity contribution in [2.24, 2.45) is 5.92 Å². The summed E-state index contributed by atoms with van der Waals surface area (Å²) < 4.78 is 9.60. The lowest BCUT2D eigenvalue weighted by Gasteiger charge is -2.23. The predicted octanol–water partition coefficient (Wildman–Crippen LogP) is 1.66. The molecule has 0 aliphatic carbocycles. The van der Waals surface area contributed by atoms with Crippen LogP contribution in [-0.2, 0) is 23.9 Å². The molecule has 0 saturated heterocycles. The van der Waals surface area contributed by atoms with E-state index >= 15 is 0 Å². The van der Waals surface area contributed by atoms with Crippen LogP contribution in [0.25, 0.3) is 0 Å². The number of hydrogen-bond acceptors (Lipinski definition) is 6. The van der Waals surface area contributed by atoms with Gasteiger partial charge in [-0.3, -0.25) is 14.4 Å². The first-order valence-electron chi connectivity index (χ1n) is 7.92. The maximum absolute atomic E-state index is 12.3. The fourth-order valence-electron chi connectivity index (χ4n) is 2.18. The standard InChI is InChI=1S/C17H20ClNO7/c1-3-25-13(20)9-11(17(24)26-4-2)14(16(22)23)19-15(21)10-7-5-6-8-12(10)18/h5-8,11,14H,3-4,9H2,1-2H3,(H,19,21)(H,22,23)/t11-,14-/m1/s1. The molecule has 26 heavy (non-hydrogen) atoms. The van der Waals surface area contributed by atoms with Gasteiger partial charge in [0.1, 0.15) is 6.04 Å². The number of benzene rings is 1. The van der Waals surface area contributed by atoms with Gasteiger partial charge in [-0.1, -0.05) is 23.7 Å². The molecular formula is C17H20ClNO7. The topological polar surface area (TPSA) is 119 Å². The van der Waals surface area contributed by atoms with Crippen molar-refractivity contribution in [3.05, 3.63) is 34.9 Å². The molecule has 0 fully saturated rings. The average Bonchev–Trinajstić information content (AvgIpc) is 2.58. The van der Waals surface area contributed by atoms with Crippen molar-refractivity contribution in [3.63, 3.8) is 0 Å². The van der Waals surface area contributed by atoms with Crippen molar-refractivity contribution < 1.29 is 33.8 Å². The van der Waals surface area contributed by atoms with Crippen LogP contribution in [0.4, 0.5) is 0 Å². The molecule has 9 heteroatoms. The molecule has 1 amide bonds. The van der Waals surface area contributed by atoms with Gasteiger partial charge in [-0.15, -0.1) is 0 Å². The number of amides is 1. The molecule has 1 rings (SSSR count). The molecule has 1 aromatic carbocycles. The summed E-state index contributed by atoms with van der Waals surface area (Å²) in [6.45, 7) is 3.17. The van der Waals surface area contributed by atoms with E-state index in [4.69, 9.17) is 21.1 Å². The smallest absolute Gasteiger partial charge is 0.327 e. The van der Waals surface area contributed by atoms with Gasteiger partial charge in [0.2, 0.25) is 0 Å². The highest BCUT2D eigenvalue weighted by molar-refractivity contribution is 6.33. The Morgan fingerprint density at radius 2 is 1.73 bits per heavy atom. The van der Waals surface area contributed by atoms with Gasteiger partial charge in [0, 0.05) is 0 Å². The van der Waals surface area contributed by atoms with Crippen molar-refractivity contribution in [1.82, 2.24) is 5.32 Å². The number of rotatable bonds is 9. The molecule has 0 aliphatic rings. The summed E-state index contributed by atoms with van der Waals surface area (Å²) >= 11 is 5.93. The Balaban J connectivity index is 3.08. The number of carbonyl (C=O) groups is 4. The number of carboxylic acid groups (broad SMARTS) is 1. The fraction of sp³-hybridized carbons (Fsp3) is 0.412. The van der Waals surface area contributed by atoms with E-state index in [1.165, 1.54) is 19.1 Å². The van der Waals surface area contributed by atoms with Crippen LogP contribution < -0.4 is 5.32 Å². The van der Waals surface area contributed by atoms with Crippen molar-refractivity contribution in [2.75, 3.05) is 13.2 Å². The number of nitrogens with one attached hydrogen (secondary N) is 1. The van der Waals surface area contributed by atoms with Crippen LogP contribution in [0.2, 0.25) is 5.02 Å². The van der Waals surface area contributed by atoms with Gasteiger partial charge in [0.15, 0.2) is 0 Å². The van der Waals surface area contributed by atoms with Crippen LogP contribution in [0.15, 0.2) is 24.3 Å². The number of halogens is 1. The van der Waals surface area contributed by atoms with Gasteiger partial charge in [-0.25, -0.2) is 4.79 Å². The molecule has 0 aromatic heterocycles. The van der Waals surface area contributed by atoms with Gasteiger partial charge < -0.3 is 19.9 Å². The Labute approximate surface area is 155 Å². The lowest BCUT2D eigenvalue weighted by Crippen LogP contribution is -2.49. The SMILES string of the molecule is CCOC(=O)C[C@@H](C(=O)OCC)[C@@H](NC(=O)c1ccccc1Cl)C(=O)O. The number of esters is 2. The Morgan fingerprint density at radius 3 is 2.27 bits per heavy atom. The summed E-state index contributed by atoms with van der Waals surface area (Å²) in [6.07, 6.45) is -0.549. The fourth-order valence-corrected chi connectivity index (χ4v) is 2.41. The third kappa shape index (κ3) is 6.03. The second-order valence-electron chi connectivity index (χ2n) is 5.14. The van der Waals surface area contributed by atoms with E-state index in [0.29, 0.717) is 0 Å². The van der Waals surface area contributed by atoms with Crippen LogP contribution in [0.3, 0.4) is 0 Å². The number of hydrogen-bond donors (Lipinski definition) is 2. The summed E-state index contributed by atoms with van der Waals surface area (Å²) in [5.41, 5.74) is 0.0409. The molecule has 0 unspecified atom stereocenters. The van der Waals surface area contributed by atoms with Crippen LogP contribution >= 0.6 is 11.6 Å². The molecule has 0 bridgehead atoms. The second-order valence-corrected chi connectivity index (χ2v) is 5.54. The van der Waals surface area contributed by atoms with E-state index in [0.717, 1.165) is 0 Å². The largest absolute Gasteiger partial charge is 0.480 e. The first-order valence-corrected chi connectivity index (χ1v) is 8.30. The minimum absolute atomic E-state index is 0.0110. The molecule has 142 valence electrons. The normalized spacial score (nSPS) is 12.6. The third-order valence-electron chi connectivity index (χ3n) is 3.35. The van der Waals surface area contributed by atoms with Crippen molar-refractivity contribution in [3.8, 4) is 0 Å². The summed E-state index contributed by atoms with van der Waals surface area (Å²) in [5, 5.41) is 11.8. The Morgan fingerprint density at radius 1 is 1.12 bits per heavy atom. The van der Waals surface area contributed by atoms with Crippen LogP contribution in [0, 0.1) is 5.92 Å². The summed E-state index contributed by atoms with van der Waals surface area (Å²) in [7, 11) is 0. The highest BCUT2D eigenvalue weighted by Crippen LogP contribution is 2.18. The third-order valence-corrected chi connectivity index (χ3v) is 3.68. The zero-order valence-corrected chi connectivity index (χ0v) is 15.1.